The normalized spacial score (nSPS) is 15.7. The molecule has 1 aromatic carbocycles. The van der Waals surface area contributed by atoms with E-state index in [-0.39, 0.29) is 24.0 Å². The Labute approximate surface area is 203 Å². The predicted octanol–water partition coefficient (Wildman–Crippen LogP) is 5.24. The highest BCUT2D eigenvalue weighted by molar-refractivity contribution is 5.98. The van der Waals surface area contributed by atoms with Gasteiger partial charge in [-0.2, -0.15) is 26.3 Å². The number of hydrogen-bond acceptors (Lipinski definition) is 4. The summed E-state index contributed by atoms with van der Waals surface area (Å²) in [6.07, 6.45) is -9.09. The molecule has 0 unspecified atom stereocenters. The smallest absolute Gasteiger partial charge is 0.361 e. The molecule has 3 aromatic rings. The van der Waals surface area contributed by atoms with Gasteiger partial charge in [-0.3, -0.25) is 14.2 Å². The largest absolute Gasteiger partial charge is 0.411 e. The third kappa shape index (κ3) is 5.23. The first-order valence-electron chi connectivity index (χ1n) is 10.9. The van der Waals surface area contributed by atoms with Crippen molar-refractivity contribution < 1.29 is 39.9 Å². The van der Waals surface area contributed by atoms with Crippen molar-refractivity contribution in [1.82, 2.24) is 14.9 Å². The molecule has 0 radical (unpaired) electrons. The van der Waals surface area contributed by atoms with Crippen molar-refractivity contribution in [3.05, 3.63) is 63.9 Å². The molecule has 4 rings (SSSR count). The quantitative estimate of drug-likeness (QED) is 0.439. The SMILES string of the molecule is O=C(NC1(C(F)(F)F)CCCC1)c1cn(-c2ccc(F)cc2F)c2nc(NCC(F)(F)F)ccc2c1=O. The Hall–Kier alpha value is -3.71. The van der Waals surface area contributed by atoms with Gasteiger partial charge in [-0.25, -0.2) is 13.8 Å². The molecule has 2 N–H and O–H groups in total. The van der Waals surface area contributed by atoms with Gasteiger partial charge < -0.3 is 10.6 Å². The van der Waals surface area contributed by atoms with Crippen molar-refractivity contribution in [3.8, 4) is 5.69 Å². The van der Waals surface area contributed by atoms with E-state index in [1.807, 2.05) is 10.6 Å². The molecule has 2 heterocycles. The molecule has 0 saturated heterocycles. The van der Waals surface area contributed by atoms with Crippen molar-refractivity contribution in [1.29, 1.82) is 0 Å². The van der Waals surface area contributed by atoms with Gasteiger partial charge in [0.1, 0.15) is 35.1 Å². The van der Waals surface area contributed by atoms with Crippen LogP contribution in [0, 0.1) is 11.6 Å². The summed E-state index contributed by atoms with van der Waals surface area (Å²) in [6.45, 7) is -1.49. The first-order chi connectivity index (χ1) is 17.2. The van der Waals surface area contributed by atoms with Gasteiger partial charge in [-0.05, 0) is 37.1 Å². The number of anilines is 1. The fraction of sp³-hybridized carbons (Fsp3) is 0.348. The Bertz CT molecular complexity index is 1410. The fourth-order valence-corrected chi connectivity index (χ4v) is 4.26. The van der Waals surface area contributed by atoms with Crippen LogP contribution < -0.4 is 16.1 Å². The first-order valence-corrected chi connectivity index (χ1v) is 10.9. The van der Waals surface area contributed by atoms with Gasteiger partial charge in [0, 0.05) is 12.3 Å². The van der Waals surface area contributed by atoms with Gasteiger partial charge in [-0.15, -0.1) is 0 Å². The summed E-state index contributed by atoms with van der Waals surface area (Å²) in [4.78, 5) is 30.0. The third-order valence-electron chi connectivity index (χ3n) is 6.09. The summed E-state index contributed by atoms with van der Waals surface area (Å²) in [6, 6.07) is 4.23. The minimum atomic E-state index is -4.81. The number of nitrogens with one attached hydrogen (secondary N) is 2. The average Bonchev–Trinajstić information content (AvgIpc) is 3.28. The van der Waals surface area contributed by atoms with Crippen LogP contribution in [0.4, 0.5) is 40.9 Å². The zero-order valence-electron chi connectivity index (χ0n) is 18.7. The number of aromatic nitrogens is 2. The van der Waals surface area contributed by atoms with E-state index in [1.54, 1.807) is 0 Å². The Morgan fingerprint density at radius 2 is 1.70 bits per heavy atom. The Morgan fingerprint density at radius 3 is 2.30 bits per heavy atom. The Morgan fingerprint density at radius 1 is 1.03 bits per heavy atom. The molecule has 0 aliphatic heterocycles. The van der Waals surface area contributed by atoms with Crippen LogP contribution in [-0.4, -0.2) is 39.9 Å². The number of benzene rings is 1. The minimum Gasteiger partial charge on any atom is -0.361 e. The molecule has 0 spiro atoms. The Kier molecular flexibility index (Phi) is 6.63. The highest BCUT2D eigenvalue weighted by Crippen LogP contribution is 2.43. The molecule has 14 heteroatoms. The van der Waals surface area contributed by atoms with Crippen molar-refractivity contribution >= 4 is 22.8 Å². The van der Waals surface area contributed by atoms with Crippen molar-refractivity contribution in [3.63, 3.8) is 0 Å². The van der Waals surface area contributed by atoms with E-state index in [0.717, 1.165) is 35.0 Å². The van der Waals surface area contributed by atoms with Crippen LogP contribution in [0.1, 0.15) is 36.0 Å². The maximum absolute atomic E-state index is 14.7. The van der Waals surface area contributed by atoms with Gasteiger partial charge >= 0.3 is 12.4 Å². The van der Waals surface area contributed by atoms with Crippen LogP contribution in [-0.2, 0) is 0 Å². The van der Waals surface area contributed by atoms with Crippen LogP contribution >= 0.6 is 0 Å². The predicted molar refractivity (Wildman–Crippen MR) is 117 cm³/mol. The van der Waals surface area contributed by atoms with Crippen LogP contribution in [0.2, 0.25) is 0 Å². The van der Waals surface area contributed by atoms with Gasteiger partial charge in [-0.1, -0.05) is 12.8 Å². The number of carbonyl (C=O) groups excluding carboxylic acids is 1. The summed E-state index contributed by atoms with van der Waals surface area (Å²) >= 11 is 0. The molecule has 6 nitrogen and oxygen atoms in total. The number of amides is 1. The maximum atomic E-state index is 14.7. The molecule has 1 fully saturated rings. The van der Waals surface area contributed by atoms with Gasteiger partial charge in [0.2, 0.25) is 5.43 Å². The number of nitrogens with zero attached hydrogens (tertiary/aromatic N) is 2. The van der Waals surface area contributed by atoms with Crippen LogP contribution in [0.3, 0.4) is 0 Å². The summed E-state index contributed by atoms with van der Waals surface area (Å²) in [7, 11) is 0. The van der Waals surface area contributed by atoms with E-state index >= 15 is 0 Å². The maximum Gasteiger partial charge on any atom is 0.411 e. The van der Waals surface area contributed by atoms with Gasteiger partial charge in [0.05, 0.1) is 11.1 Å². The lowest BCUT2D eigenvalue weighted by molar-refractivity contribution is -0.191. The zero-order valence-corrected chi connectivity index (χ0v) is 18.7. The molecule has 198 valence electrons. The number of rotatable bonds is 5. The highest BCUT2D eigenvalue weighted by atomic mass is 19.4. The van der Waals surface area contributed by atoms with Crippen LogP contribution in [0.5, 0.6) is 0 Å². The second-order valence-electron chi connectivity index (χ2n) is 8.62. The van der Waals surface area contributed by atoms with E-state index in [4.69, 9.17) is 0 Å². The second-order valence-corrected chi connectivity index (χ2v) is 8.62. The summed E-state index contributed by atoms with van der Waals surface area (Å²) < 4.78 is 108. The summed E-state index contributed by atoms with van der Waals surface area (Å²) in [5, 5.41) is 3.52. The summed E-state index contributed by atoms with van der Waals surface area (Å²) in [5.41, 5.74) is -5.28. The molecule has 1 saturated carbocycles. The first kappa shape index (κ1) is 26.4. The van der Waals surface area contributed by atoms with E-state index < -0.39 is 77.1 Å². The van der Waals surface area contributed by atoms with Crippen molar-refractivity contribution in [2.24, 2.45) is 0 Å². The van der Waals surface area contributed by atoms with Crippen LogP contribution in [0.25, 0.3) is 16.7 Å². The van der Waals surface area contributed by atoms with Crippen molar-refractivity contribution in [2.75, 3.05) is 11.9 Å². The standard InChI is InChI=1S/C23H18F8N4O2/c24-12-3-5-16(15(25)9-12)35-10-14(20(37)34-21(23(29,30)31)7-1-2-8-21)18(36)13-4-6-17(33-19(13)35)32-11-22(26,27)28/h3-6,9-10H,1-2,7-8,11H2,(H,32,33)(H,34,37). The summed E-state index contributed by atoms with van der Waals surface area (Å²) in [5.74, 6) is -3.89. The number of carbonyl (C=O) groups is 1. The number of hydrogen-bond donors (Lipinski definition) is 2. The lowest BCUT2D eigenvalue weighted by atomic mass is 9.96. The molecule has 0 bridgehead atoms. The zero-order chi connectivity index (χ0) is 27.2. The molecule has 1 aliphatic carbocycles. The number of fused-ring (bicyclic) bond motifs is 1. The van der Waals surface area contributed by atoms with E-state index in [0.29, 0.717) is 6.07 Å². The van der Waals surface area contributed by atoms with E-state index in [2.05, 4.69) is 4.98 Å². The molecule has 1 aliphatic rings. The number of halogens is 8. The monoisotopic (exact) mass is 534 g/mol. The molecule has 0 atom stereocenters. The van der Waals surface area contributed by atoms with E-state index in [9.17, 15) is 44.7 Å². The third-order valence-corrected chi connectivity index (χ3v) is 6.09. The second kappa shape index (κ2) is 9.30. The average molecular weight is 534 g/mol. The molecule has 2 aromatic heterocycles. The lowest BCUT2D eigenvalue weighted by Gasteiger charge is -2.32. The number of alkyl halides is 6. The Balaban J connectivity index is 1.88. The lowest BCUT2D eigenvalue weighted by Crippen LogP contribution is -2.57. The number of pyridine rings is 2. The highest BCUT2D eigenvalue weighted by Gasteiger charge is 2.57. The topological polar surface area (TPSA) is 76.0 Å². The molecule has 1 amide bonds. The van der Waals surface area contributed by atoms with E-state index in [1.165, 1.54) is 0 Å². The minimum absolute atomic E-state index is 0.195. The van der Waals surface area contributed by atoms with Gasteiger partial charge in [0.15, 0.2) is 5.65 Å². The molecular formula is C23H18F8N4O2. The molecule has 37 heavy (non-hydrogen) atoms. The molecular weight excluding hydrogens is 516 g/mol. The fourth-order valence-electron chi connectivity index (χ4n) is 4.26. The van der Waals surface area contributed by atoms with Crippen molar-refractivity contribution in [2.45, 2.75) is 43.6 Å². The van der Waals surface area contributed by atoms with Gasteiger partial charge in [0.25, 0.3) is 5.91 Å². The van der Waals surface area contributed by atoms with Crippen LogP contribution in [0.15, 0.2) is 41.3 Å².